The number of rotatable bonds is 5. The highest BCUT2D eigenvalue weighted by Gasteiger charge is 2.17. The average Bonchev–Trinajstić information content (AvgIpc) is 2.83. The Balaban J connectivity index is 2.26. The van der Waals surface area contributed by atoms with Gasteiger partial charge in [-0.15, -0.1) is 0 Å². The second-order valence-corrected chi connectivity index (χ2v) is 5.63. The molecule has 6 nitrogen and oxygen atoms in total. The van der Waals surface area contributed by atoms with Crippen molar-refractivity contribution >= 4 is 10.0 Å². The highest BCUT2D eigenvalue weighted by molar-refractivity contribution is 7.89. The third kappa shape index (κ3) is 3.14. The highest BCUT2D eigenvalue weighted by atomic mass is 32.2. The van der Waals surface area contributed by atoms with E-state index in [-0.39, 0.29) is 17.3 Å². The third-order valence-electron chi connectivity index (χ3n) is 2.73. The highest BCUT2D eigenvalue weighted by Crippen LogP contribution is 2.24. The molecule has 2 rings (SSSR count). The van der Waals surface area contributed by atoms with Gasteiger partial charge in [-0.1, -0.05) is 0 Å². The maximum absolute atomic E-state index is 13.1. The first kappa shape index (κ1) is 14.5. The van der Waals surface area contributed by atoms with Crippen LogP contribution in [0.1, 0.15) is 12.6 Å². The molecule has 0 saturated heterocycles. The SMILES string of the molecule is CCn1cncc1COc1ccc(F)cc1S(N)(=O)=O. The van der Waals surface area contributed by atoms with Gasteiger partial charge in [0.25, 0.3) is 0 Å². The molecule has 0 amide bonds. The van der Waals surface area contributed by atoms with Crippen LogP contribution in [0.3, 0.4) is 0 Å². The Labute approximate surface area is 116 Å². The summed E-state index contributed by atoms with van der Waals surface area (Å²) in [6.07, 6.45) is 3.26. The van der Waals surface area contributed by atoms with Crippen LogP contribution in [0.4, 0.5) is 4.39 Å². The first-order valence-corrected chi connectivity index (χ1v) is 7.40. The Morgan fingerprint density at radius 1 is 1.45 bits per heavy atom. The van der Waals surface area contributed by atoms with E-state index in [1.165, 1.54) is 6.07 Å². The van der Waals surface area contributed by atoms with Gasteiger partial charge in [-0.25, -0.2) is 22.9 Å². The maximum Gasteiger partial charge on any atom is 0.241 e. The maximum atomic E-state index is 13.1. The van der Waals surface area contributed by atoms with Crippen molar-refractivity contribution in [2.45, 2.75) is 25.0 Å². The largest absolute Gasteiger partial charge is 0.486 e. The fraction of sp³-hybridized carbons (Fsp3) is 0.250. The van der Waals surface area contributed by atoms with Gasteiger partial charge in [-0.05, 0) is 25.1 Å². The lowest BCUT2D eigenvalue weighted by atomic mass is 10.3. The lowest BCUT2D eigenvalue weighted by Crippen LogP contribution is -2.14. The molecule has 8 heteroatoms. The molecular formula is C12H14FN3O3S. The van der Waals surface area contributed by atoms with Crippen molar-refractivity contribution in [1.82, 2.24) is 9.55 Å². The van der Waals surface area contributed by atoms with Crippen LogP contribution in [-0.4, -0.2) is 18.0 Å². The van der Waals surface area contributed by atoms with Crippen LogP contribution in [0.2, 0.25) is 0 Å². The topological polar surface area (TPSA) is 87.2 Å². The molecule has 0 spiro atoms. The summed E-state index contributed by atoms with van der Waals surface area (Å²) in [5, 5.41) is 5.04. The molecule has 0 saturated carbocycles. The predicted molar refractivity (Wildman–Crippen MR) is 70.0 cm³/mol. The molecule has 0 unspecified atom stereocenters. The van der Waals surface area contributed by atoms with Crippen molar-refractivity contribution in [1.29, 1.82) is 0 Å². The van der Waals surface area contributed by atoms with E-state index in [1.54, 1.807) is 12.5 Å². The minimum absolute atomic E-state index is 0.0118. The molecule has 0 aliphatic carbocycles. The number of benzene rings is 1. The van der Waals surface area contributed by atoms with Crippen LogP contribution in [0, 0.1) is 5.82 Å². The van der Waals surface area contributed by atoms with E-state index < -0.39 is 15.8 Å². The van der Waals surface area contributed by atoms with Gasteiger partial charge in [0.05, 0.1) is 18.2 Å². The van der Waals surface area contributed by atoms with Gasteiger partial charge in [0, 0.05) is 6.54 Å². The van der Waals surface area contributed by atoms with Gasteiger partial charge < -0.3 is 9.30 Å². The van der Waals surface area contributed by atoms with Crippen LogP contribution < -0.4 is 9.88 Å². The molecule has 0 atom stereocenters. The number of halogens is 1. The van der Waals surface area contributed by atoms with Gasteiger partial charge in [0.15, 0.2) is 0 Å². The zero-order chi connectivity index (χ0) is 14.8. The molecule has 0 aliphatic rings. The molecule has 0 radical (unpaired) electrons. The minimum atomic E-state index is -4.05. The lowest BCUT2D eigenvalue weighted by Gasteiger charge is -2.11. The van der Waals surface area contributed by atoms with Crippen LogP contribution in [-0.2, 0) is 23.2 Å². The smallest absolute Gasteiger partial charge is 0.241 e. The summed E-state index contributed by atoms with van der Waals surface area (Å²) in [5.74, 6) is -0.683. The number of aryl methyl sites for hydroxylation is 1. The van der Waals surface area contributed by atoms with E-state index in [0.29, 0.717) is 6.54 Å². The normalized spacial score (nSPS) is 11.6. The molecule has 1 heterocycles. The Kier molecular flexibility index (Phi) is 4.05. The monoisotopic (exact) mass is 299 g/mol. The van der Waals surface area contributed by atoms with Crippen molar-refractivity contribution in [3.63, 3.8) is 0 Å². The van der Waals surface area contributed by atoms with Gasteiger partial charge in [-0.3, -0.25) is 0 Å². The minimum Gasteiger partial charge on any atom is -0.486 e. The molecule has 0 aliphatic heterocycles. The molecule has 0 bridgehead atoms. The second-order valence-electron chi connectivity index (χ2n) is 4.10. The molecule has 2 aromatic rings. The average molecular weight is 299 g/mol. The molecule has 20 heavy (non-hydrogen) atoms. The second kappa shape index (κ2) is 5.59. The Bertz CT molecular complexity index is 712. The number of aromatic nitrogens is 2. The fourth-order valence-electron chi connectivity index (χ4n) is 1.73. The number of nitrogens with zero attached hydrogens (tertiary/aromatic N) is 2. The summed E-state index contributed by atoms with van der Waals surface area (Å²) in [6, 6.07) is 3.19. The van der Waals surface area contributed by atoms with E-state index in [1.807, 2.05) is 11.5 Å². The van der Waals surface area contributed by atoms with E-state index in [4.69, 9.17) is 9.88 Å². The van der Waals surface area contributed by atoms with E-state index in [2.05, 4.69) is 4.98 Å². The number of hydrogen-bond donors (Lipinski definition) is 1. The van der Waals surface area contributed by atoms with Crippen molar-refractivity contribution in [2.24, 2.45) is 5.14 Å². The zero-order valence-corrected chi connectivity index (χ0v) is 11.6. The lowest BCUT2D eigenvalue weighted by molar-refractivity contribution is 0.287. The van der Waals surface area contributed by atoms with Gasteiger partial charge in [-0.2, -0.15) is 0 Å². The Morgan fingerprint density at radius 3 is 2.85 bits per heavy atom. The standard InChI is InChI=1S/C12H14FN3O3S/c1-2-16-8-15-6-10(16)7-19-11-4-3-9(13)5-12(11)20(14,17)18/h3-6,8H,2,7H2,1H3,(H2,14,17,18). The summed E-state index contributed by atoms with van der Waals surface area (Å²) in [6.45, 7) is 2.77. The number of ether oxygens (including phenoxy) is 1. The van der Waals surface area contributed by atoms with Crippen molar-refractivity contribution in [3.05, 3.63) is 42.2 Å². The van der Waals surface area contributed by atoms with Crippen molar-refractivity contribution in [3.8, 4) is 5.75 Å². The van der Waals surface area contributed by atoms with Gasteiger partial charge >= 0.3 is 0 Å². The summed E-state index contributed by atoms with van der Waals surface area (Å²) in [4.78, 5) is 3.60. The van der Waals surface area contributed by atoms with Crippen molar-refractivity contribution < 1.29 is 17.5 Å². The van der Waals surface area contributed by atoms with Gasteiger partial charge in [0.1, 0.15) is 23.1 Å². The summed E-state index contributed by atoms with van der Waals surface area (Å²) in [5.41, 5.74) is 0.775. The molecule has 0 fully saturated rings. The Morgan fingerprint density at radius 2 is 2.20 bits per heavy atom. The molecule has 108 valence electrons. The number of sulfonamides is 1. The summed E-state index contributed by atoms with van der Waals surface area (Å²) in [7, 11) is -4.05. The molecular weight excluding hydrogens is 285 g/mol. The van der Waals surface area contributed by atoms with Crippen molar-refractivity contribution in [2.75, 3.05) is 0 Å². The molecule has 1 aromatic heterocycles. The predicted octanol–water partition coefficient (Wildman–Crippen LogP) is 1.27. The first-order chi connectivity index (χ1) is 9.41. The van der Waals surface area contributed by atoms with Gasteiger partial charge in [0.2, 0.25) is 10.0 Å². The number of imidazole rings is 1. The van der Waals surface area contributed by atoms with E-state index in [9.17, 15) is 12.8 Å². The van der Waals surface area contributed by atoms with Crippen LogP contribution in [0.25, 0.3) is 0 Å². The number of nitrogens with two attached hydrogens (primary N) is 1. The van der Waals surface area contributed by atoms with E-state index >= 15 is 0 Å². The first-order valence-electron chi connectivity index (χ1n) is 5.86. The Hall–Kier alpha value is -1.93. The summed E-state index contributed by atoms with van der Waals surface area (Å²) >= 11 is 0. The summed E-state index contributed by atoms with van der Waals surface area (Å²) < 4.78 is 43.2. The molecule has 2 N–H and O–H groups in total. The fourth-order valence-corrected chi connectivity index (χ4v) is 2.41. The van der Waals surface area contributed by atoms with E-state index in [0.717, 1.165) is 17.8 Å². The van der Waals surface area contributed by atoms with Crippen LogP contribution >= 0.6 is 0 Å². The third-order valence-corrected chi connectivity index (χ3v) is 3.66. The quantitative estimate of drug-likeness (QED) is 0.900. The van der Waals surface area contributed by atoms with Crippen LogP contribution in [0.5, 0.6) is 5.75 Å². The molecule has 1 aromatic carbocycles. The number of hydrogen-bond acceptors (Lipinski definition) is 4. The number of primary sulfonamides is 1. The zero-order valence-electron chi connectivity index (χ0n) is 10.8. The van der Waals surface area contributed by atoms with Crippen LogP contribution in [0.15, 0.2) is 35.6 Å².